The Morgan fingerprint density at radius 2 is 1.92 bits per heavy atom. The largest absolute Gasteiger partial charge is 0.507 e. The number of rotatable bonds is 5. The average molecular weight is 375 g/mol. The van der Waals surface area contributed by atoms with E-state index in [4.69, 9.17) is 11.6 Å². The van der Waals surface area contributed by atoms with Gasteiger partial charge in [-0.3, -0.25) is 4.79 Å². The van der Waals surface area contributed by atoms with Gasteiger partial charge in [0.1, 0.15) is 5.75 Å². The van der Waals surface area contributed by atoms with Gasteiger partial charge in [0.05, 0.1) is 22.0 Å². The molecule has 0 bridgehead atoms. The summed E-state index contributed by atoms with van der Waals surface area (Å²) in [6.45, 7) is 0. The van der Waals surface area contributed by atoms with Crippen molar-refractivity contribution in [2.24, 2.45) is 7.05 Å². The number of nitrogens with zero attached hydrogens (tertiary/aromatic N) is 3. The Bertz CT molecular complexity index is 913. The smallest absolute Gasteiger partial charge is 0.234 e. The van der Waals surface area contributed by atoms with Gasteiger partial charge in [-0.25, -0.2) is 0 Å². The summed E-state index contributed by atoms with van der Waals surface area (Å²) >= 11 is 7.28. The predicted molar refractivity (Wildman–Crippen MR) is 98.9 cm³/mol. The van der Waals surface area contributed by atoms with Crippen molar-refractivity contribution in [3.63, 3.8) is 0 Å². The van der Waals surface area contributed by atoms with Crippen LogP contribution in [0.1, 0.15) is 0 Å². The Morgan fingerprint density at radius 3 is 2.68 bits per heavy atom. The summed E-state index contributed by atoms with van der Waals surface area (Å²) in [7, 11) is 1.79. The lowest BCUT2D eigenvalue weighted by Gasteiger charge is -2.07. The molecular weight excluding hydrogens is 360 g/mol. The lowest BCUT2D eigenvalue weighted by atomic mass is 10.2. The van der Waals surface area contributed by atoms with Crippen molar-refractivity contribution in [2.75, 3.05) is 11.1 Å². The topological polar surface area (TPSA) is 80.0 Å². The van der Waals surface area contributed by atoms with E-state index in [1.807, 2.05) is 6.07 Å². The Kier molecular flexibility index (Phi) is 5.25. The first kappa shape index (κ1) is 17.3. The number of benzene rings is 2. The third-order valence-corrected chi connectivity index (χ3v) is 4.81. The predicted octanol–water partition coefficient (Wildman–Crippen LogP) is 3.57. The van der Waals surface area contributed by atoms with Crippen LogP contribution >= 0.6 is 23.4 Å². The minimum atomic E-state index is -0.190. The number of carbonyl (C=O) groups is 1. The number of nitrogens with one attached hydrogen (secondary N) is 1. The molecular formula is C17H15ClN4O2S. The second-order valence-electron chi connectivity index (χ2n) is 5.20. The lowest BCUT2D eigenvalue weighted by molar-refractivity contribution is -0.113. The maximum Gasteiger partial charge on any atom is 0.234 e. The molecule has 0 aliphatic rings. The van der Waals surface area contributed by atoms with Crippen LogP contribution in [0.2, 0.25) is 5.02 Å². The van der Waals surface area contributed by atoms with Crippen molar-refractivity contribution in [1.82, 2.24) is 14.8 Å². The molecule has 0 spiro atoms. The first-order valence-corrected chi connectivity index (χ1v) is 8.77. The summed E-state index contributed by atoms with van der Waals surface area (Å²) in [5.74, 6) is 0.640. The molecule has 2 aromatic carbocycles. The number of halogens is 1. The number of hydrogen-bond donors (Lipinski definition) is 2. The zero-order valence-corrected chi connectivity index (χ0v) is 14.9. The highest BCUT2D eigenvalue weighted by Gasteiger charge is 2.15. The fourth-order valence-corrected chi connectivity index (χ4v) is 3.11. The van der Waals surface area contributed by atoms with Gasteiger partial charge >= 0.3 is 0 Å². The molecule has 0 atom stereocenters. The van der Waals surface area contributed by atoms with E-state index in [0.717, 1.165) is 0 Å². The van der Waals surface area contributed by atoms with E-state index in [0.29, 0.717) is 27.3 Å². The molecule has 3 rings (SSSR count). The second kappa shape index (κ2) is 7.58. The van der Waals surface area contributed by atoms with Crippen LogP contribution in [0.5, 0.6) is 5.75 Å². The number of aromatic hydroxyl groups is 1. The number of phenolic OH excluding ortho intramolecular Hbond substituents is 1. The standard InChI is InChI=1S/C17H15ClN4O2S/c1-22-16(11-6-2-5-9-14(11)23)20-21-17(22)25-10-15(24)19-13-8-4-3-7-12(13)18/h2-9,23H,10H2,1H3,(H,19,24). The van der Waals surface area contributed by atoms with Crippen molar-refractivity contribution in [1.29, 1.82) is 0 Å². The molecule has 1 amide bonds. The van der Waals surface area contributed by atoms with Gasteiger partial charge in [0.15, 0.2) is 11.0 Å². The molecule has 0 aliphatic carbocycles. The van der Waals surface area contributed by atoms with Gasteiger partial charge in [0.25, 0.3) is 0 Å². The number of anilines is 1. The second-order valence-corrected chi connectivity index (χ2v) is 6.55. The lowest BCUT2D eigenvalue weighted by Crippen LogP contribution is -2.14. The van der Waals surface area contributed by atoms with Crippen LogP contribution in [-0.4, -0.2) is 31.5 Å². The molecule has 0 fully saturated rings. The minimum absolute atomic E-state index is 0.131. The molecule has 25 heavy (non-hydrogen) atoms. The number of carbonyl (C=O) groups excluding carboxylic acids is 1. The van der Waals surface area contributed by atoms with E-state index in [-0.39, 0.29) is 17.4 Å². The zero-order valence-electron chi connectivity index (χ0n) is 13.3. The van der Waals surface area contributed by atoms with Crippen LogP contribution in [0.4, 0.5) is 5.69 Å². The Balaban J connectivity index is 1.67. The summed E-state index contributed by atoms with van der Waals surface area (Å²) in [6, 6.07) is 14.0. The number of thioether (sulfide) groups is 1. The fourth-order valence-electron chi connectivity index (χ4n) is 2.22. The molecule has 128 valence electrons. The Hall–Kier alpha value is -2.51. The first-order chi connectivity index (χ1) is 12.1. The van der Waals surface area contributed by atoms with Gasteiger partial charge < -0.3 is 15.0 Å². The molecule has 0 unspecified atom stereocenters. The van der Waals surface area contributed by atoms with Gasteiger partial charge in [0, 0.05) is 7.05 Å². The highest BCUT2D eigenvalue weighted by molar-refractivity contribution is 7.99. The maximum atomic E-state index is 12.1. The van der Waals surface area contributed by atoms with E-state index in [2.05, 4.69) is 15.5 Å². The molecule has 1 heterocycles. The molecule has 2 N–H and O–H groups in total. The maximum absolute atomic E-state index is 12.1. The molecule has 8 heteroatoms. The summed E-state index contributed by atoms with van der Waals surface area (Å²) in [4.78, 5) is 12.1. The van der Waals surface area contributed by atoms with E-state index < -0.39 is 0 Å². The van der Waals surface area contributed by atoms with Gasteiger partial charge in [-0.1, -0.05) is 47.6 Å². The number of phenols is 1. The summed E-state index contributed by atoms with van der Waals surface area (Å²) < 4.78 is 1.74. The van der Waals surface area contributed by atoms with Crippen LogP contribution in [0.15, 0.2) is 53.7 Å². The van der Waals surface area contributed by atoms with E-state index in [1.54, 1.807) is 54.1 Å². The van der Waals surface area contributed by atoms with E-state index in [9.17, 15) is 9.90 Å². The third-order valence-electron chi connectivity index (χ3n) is 3.46. The van der Waals surface area contributed by atoms with E-state index >= 15 is 0 Å². The molecule has 0 saturated heterocycles. The highest BCUT2D eigenvalue weighted by atomic mass is 35.5. The fraction of sp³-hybridized carbons (Fsp3) is 0.118. The summed E-state index contributed by atoms with van der Waals surface area (Å²) in [6.07, 6.45) is 0. The average Bonchev–Trinajstić information content (AvgIpc) is 2.96. The van der Waals surface area contributed by atoms with Crippen LogP contribution in [0.25, 0.3) is 11.4 Å². The van der Waals surface area contributed by atoms with Crippen LogP contribution in [0, 0.1) is 0 Å². The van der Waals surface area contributed by atoms with Crippen LogP contribution in [-0.2, 0) is 11.8 Å². The molecule has 0 radical (unpaired) electrons. The van der Waals surface area contributed by atoms with Gasteiger partial charge in [-0.05, 0) is 24.3 Å². The van der Waals surface area contributed by atoms with Crippen molar-refractivity contribution < 1.29 is 9.90 Å². The van der Waals surface area contributed by atoms with Crippen molar-refractivity contribution in [3.8, 4) is 17.1 Å². The Labute approximate surface area is 153 Å². The first-order valence-electron chi connectivity index (χ1n) is 7.41. The van der Waals surface area contributed by atoms with Crippen LogP contribution < -0.4 is 5.32 Å². The molecule has 3 aromatic rings. The third kappa shape index (κ3) is 3.94. The zero-order chi connectivity index (χ0) is 17.8. The molecule has 0 aliphatic heterocycles. The minimum Gasteiger partial charge on any atom is -0.507 e. The number of aromatic nitrogens is 3. The quantitative estimate of drug-likeness (QED) is 0.667. The Morgan fingerprint density at radius 1 is 1.20 bits per heavy atom. The number of para-hydroxylation sites is 2. The summed E-state index contributed by atoms with van der Waals surface area (Å²) in [5, 5.41) is 22.0. The van der Waals surface area contributed by atoms with Crippen LogP contribution in [0.3, 0.4) is 0 Å². The van der Waals surface area contributed by atoms with E-state index in [1.165, 1.54) is 11.8 Å². The number of hydrogen-bond acceptors (Lipinski definition) is 5. The van der Waals surface area contributed by atoms with Crippen molar-refractivity contribution >= 4 is 35.0 Å². The summed E-state index contributed by atoms with van der Waals surface area (Å²) in [5.41, 5.74) is 1.16. The normalized spacial score (nSPS) is 10.6. The monoisotopic (exact) mass is 374 g/mol. The molecule has 0 saturated carbocycles. The number of amides is 1. The van der Waals surface area contributed by atoms with Gasteiger partial charge in [0.2, 0.25) is 5.91 Å². The molecule has 6 nitrogen and oxygen atoms in total. The SMILES string of the molecule is Cn1c(SCC(=O)Nc2ccccc2Cl)nnc1-c1ccccc1O. The van der Waals surface area contributed by atoms with Gasteiger partial charge in [-0.15, -0.1) is 10.2 Å². The van der Waals surface area contributed by atoms with Crippen molar-refractivity contribution in [3.05, 3.63) is 53.6 Å². The van der Waals surface area contributed by atoms with Crippen molar-refractivity contribution in [2.45, 2.75) is 5.16 Å². The highest BCUT2D eigenvalue weighted by Crippen LogP contribution is 2.29. The molecule has 1 aromatic heterocycles. The van der Waals surface area contributed by atoms with Gasteiger partial charge in [-0.2, -0.15) is 0 Å².